The SMILES string of the molecule is CSc1ccc([C@@H]2c3c(oc4ccccc4c3=O)C(=O)N2c2nncs2)cc1. The Kier molecular flexibility index (Phi) is 4.03. The average Bonchev–Trinajstić information content (AvgIpc) is 3.35. The molecule has 1 amide bonds. The molecule has 0 saturated carbocycles. The Hall–Kier alpha value is -2.97. The summed E-state index contributed by atoms with van der Waals surface area (Å²) in [7, 11) is 0. The van der Waals surface area contributed by atoms with Gasteiger partial charge < -0.3 is 4.42 Å². The van der Waals surface area contributed by atoms with Gasteiger partial charge in [0, 0.05) is 4.90 Å². The van der Waals surface area contributed by atoms with E-state index in [0.717, 1.165) is 10.5 Å². The lowest BCUT2D eigenvalue weighted by atomic mass is 9.99. The first-order chi connectivity index (χ1) is 13.7. The van der Waals surface area contributed by atoms with Crippen molar-refractivity contribution in [1.82, 2.24) is 10.2 Å². The number of benzene rings is 2. The summed E-state index contributed by atoms with van der Waals surface area (Å²) in [5.74, 6) is -0.314. The van der Waals surface area contributed by atoms with Gasteiger partial charge in [0.05, 0.1) is 17.0 Å². The molecule has 1 aliphatic rings. The summed E-state index contributed by atoms with van der Waals surface area (Å²) in [6, 6.07) is 14.2. The molecule has 0 fully saturated rings. The van der Waals surface area contributed by atoms with Crippen molar-refractivity contribution in [1.29, 1.82) is 0 Å². The van der Waals surface area contributed by atoms with Crippen LogP contribution in [-0.4, -0.2) is 22.4 Å². The molecule has 1 aliphatic heterocycles. The van der Waals surface area contributed by atoms with Gasteiger partial charge >= 0.3 is 0 Å². The molecule has 3 heterocycles. The van der Waals surface area contributed by atoms with Gasteiger partial charge in [0.15, 0.2) is 5.43 Å². The van der Waals surface area contributed by atoms with E-state index >= 15 is 0 Å². The second-order valence-electron chi connectivity index (χ2n) is 6.24. The van der Waals surface area contributed by atoms with Crippen molar-refractivity contribution in [3.05, 3.63) is 81.2 Å². The van der Waals surface area contributed by atoms with Crippen molar-refractivity contribution in [3.63, 3.8) is 0 Å². The van der Waals surface area contributed by atoms with Gasteiger partial charge in [-0.25, -0.2) is 0 Å². The van der Waals surface area contributed by atoms with E-state index in [2.05, 4.69) is 10.2 Å². The zero-order valence-electron chi connectivity index (χ0n) is 14.7. The Morgan fingerprint density at radius 1 is 1.11 bits per heavy atom. The summed E-state index contributed by atoms with van der Waals surface area (Å²) in [4.78, 5) is 29.1. The molecule has 5 rings (SSSR count). The van der Waals surface area contributed by atoms with Crippen LogP contribution in [-0.2, 0) is 0 Å². The number of rotatable bonds is 3. The molecule has 0 radical (unpaired) electrons. The number of anilines is 1. The highest BCUT2D eigenvalue weighted by Gasteiger charge is 2.44. The molecule has 4 aromatic rings. The van der Waals surface area contributed by atoms with Crippen molar-refractivity contribution in [3.8, 4) is 0 Å². The monoisotopic (exact) mass is 407 g/mol. The molecule has 0 saturated heterocycles. The maximum Gasteiger partial charge on any atom is 0.297 e. The summed E-state index contributed by atoms with van der Waals surface area (Å²) in [5, 5.41) is 8.81. The van der Waals surface area contributed by atoms with Crippen molar-refractivity contribution in [2.45, 2.75) is 10.9 Å². The maximum atomic E-state index is 13.3. The van der Waals surface area contributed by atoms with Crippen molar-refractivity contribution < 1.29 is 9.21 Å². The van der Waals surface area contributed by atoms with Gasteiger partial charge in [-0.05, 0) is 36.1 Å². The second-order valence-corrected chi connectivity index (χ2v) is 7.93. The van der Waals surface area contributed by atoms with Crippen LogP contribution >= 0.6 is 23.1 Å². The molecule has 6 nitrogen and oxygen atoms in total. The Balaban J connectivity index is 1.80. The summed E-state index contributed by atoms with van der Waals surface area (Å²) in [6.45, 7) is 0. The first-order valence-corrected chi connectivity index (χ1v) is 10.6. The number of hydrogen-bond acceptors (Lipinski definition) is 7. The number of aromatic nitrogens is 2. The highest BCUT2D eigenvalue weighted by molar-refractivity contribution is 7.98. The van der Waals surface area contributed by atoms with Gasteiger partial charge in [-0.2, -0.15) is 0 Å². The molecule has 28 heavy (non-hydrogen) atoms. The number of carbonyl (C=O) groups is 1. The van der Waals surface area contributed by atoms with Crippen molar-refractivity contribution in [2.24, 2.45) is 0 Å². The Labute approximate surface area is 167 Å². The van der Waals surface area contributed by atoms with Gasteiger partial charge in [0.2, 0.25) is 10.9 Å². The molecule has 2 aromatic heterocycles. The van der Waals surface area contributed by atoms with Gasteiger partial charge in [0.1, 0.15) is 11.1 Å². The van der Waals surface area contributed by atoms with Crippen LogP contribution in [0, 0.1) is 0 Å². The van der Waals surface area contributed by atoms with Crippen molar-refractivity contribution in [2.75, 3.05) is 11.2 Å². The van der Waals surface area contributed by atoms with Crippen LogP contribution in [0.3, 0.4) is 0 Å². The zero-order valence-corrected chi connectivity index (χ0v) is 16.3. The van der Waals surface area contributed by atoms with Crippen LogP contribution in [0.25, 0.3) is 11.0 Å². The molecule has 0 spiro atoms. The molecular formula is C20H13N3O3S2. The van der Waals surface area contributed by atoms with E-state index in [1.807, 2.05) is 30.5 Å². The lowest BCUT2D eigenvalue weighted by molar-refractivity contribution is 0.0970. The second kappa shape index (κ2) is 6.57. The predicted molar refractivity (Wildman–Crippen MR) is 109 cm³/mol. The smallest absolute Gasteiger partial charge is 0.297 e. The zero-order chi connectivity index (χ0) is 19.3. The Morgan fingerprint density at radius 2 is 1.89 bits per heavy atom. The molecule has 8 heteroatoms. The minimum Gasteiger partial charge on any atom is -0.450 e. The van der Waals surface area contributed by atoms with Crippen molar-refractivity contribution >= 4 is 45.1 Å². The molecule has 0 N–H and O–H groups in total. The van der Waals surface area contributed by atoms with E-state index in [1.165, 1.54) is 16.2 Å². The topological polar surface area (TPSA) is 76.3 Å². The van der Waals surface area contributed by atoms with Crippen LogP contribution in [0.2, 0.25) is 0 Å². The third kappa shape index (κ3) is 2.49. The number of thioether (sulfide) groups is 1. The molecule has 0 unspecified atom stereocenters. The third-order valence-corrected chi connectivity index (χ3v) is 6.20. The fourth-order valence-electron chi connectivity index (χ4n) is 3.49. The van der Waals surface area contributed by atoms with E-state index in [1.54, 1.807) is 41.5 Å². The third-order valence-electron chi connectivity index (χ3n) is 4.76. The molecule has 0 aliphatic carbocycles. The Morgan fingerprint density at radius 3 is 2.61 bits per heavy atom. The first-order valence-electron chi connectivity index (χ1n) is 8.48. The predicted octanol–water partition coefficient (Wildman–Crippen LogP) is 4.12. The van der Waals surface area contributed by atoms with E-state index < -0.39 is 6.04 Å². The number of carbonyl (C=O) groups excluding carboxylic acids is 1. The number of para-hydroxylation sites is 1. The minimum absolute atomic E-state index is 0.0674. The normalized spacial score (nSPS) is 16.0. The fraction of sp³-hybridized carbons (Fsp3) is 0.100. The van der Waals surface area contributed by atoms with Gasteiger partial charge in [-0.15, -0.1) is 22.0 Å². The Bertz CT molecular complexity index is 1250. The van der Waals surface area contributed by atoms with Crippen LogP contribution in [0.4, 0.5) is 5.13 Å². The lowest BCUT2D eigenvalue weighted by Crippen LogP contribution is -2.29. The standard InChI is InChI=1S/C20H13N3O3S2/c1-27-12-8-6-11(7-9-12)16-15-17(24)13-4-2-3-5-14(13)26-18(15)19(25)23(16)20-22-21-10-28-20/h2-10,16H,1H3/t16-/m1/s1. The van der Waals surface area contributed by atoms with Gasteiger partial charge in [-0.1, -0.05) is 35.6 Å². The number of nitrogens with zero attached hydrogens (tertiary/aromatic N) is 3. The van der Waals surface area contributed by atoms with E-state index in [0.29, 0.717) is 21.7 Å². The molecule has 0 bridgehead atoms. The summed E-state index contributed by atoms with van der Waals surface area (Å²) >= 11 is 2.87. The molecule has 2 aromatic carbocycles. The van der Waals surface area contributed by atoms with Crippen LogP contribution in [0.15, 0.2) is 68.1 Å². The van der Waals surface area contributed by atoms with Crippen LogP contribution in [0.1, 0.15) is 27.7 Å². The first kappa shape index (κ1) is 17.2. The lowest BCUT2D eigenvalue weighted by Gasteiger charge is -2.22. The van der Waals surface area contributed by atoms with Gasteiger partial charge in [-0.3, -0.25) is 14.5 Å². The average molecular weight is 407 g/mol. The largest absolute Gasteiger partial charge is 0.450 e. The summed E-state index contributed by atoms with van der Waals surface area (Å²) in [6.07, 6.45) is 2.00. The number of amides is 1. The molecule has 138 valence electrons. The van der Waals surface area contributed by atoms with E-state index in [-0.39, 0.29) is 17.1 Å². The highest BCUT2D eigenvalue weighted by atomic mass is 32.2. The van der Waals surface area contributed by atoms with Crippen LogP contribution in [0.5, 0.6) is 0 Å². The summed E-state index contributed by atoms with van der Waals surface area (Å²) in [5.41, 5.74) is 2.93. The quantitative estimate of drug-likeness (QED) is 0.476. The minimum atomic E-state index is -0.604. The number of fused-ring (bicyclic) bond motifs is 2. The summed E-state index contributed by atoms with van der Waals surface area (Å²) < 4.78 is 5.88. The number of hydrogen-bond donors (Lipinski definition) is 0. The molecule has 1 atom stereocenters. The molecular weight excluding hydrogens is 394 g/mol. The van der Waals surface area contributed by atoms with E-state index in [4.69, 9.17) is 4.42 Å². The maximum absolute atomic E-state index is 13.3. The van der Waals surface area contributed by atoms with E-state index in [9.17, 15) is 9.59 Å². The van der Waals surface area contributed by atoms with Gasteiger partial charge in [0.25, 0.3) is 5.91 Å². The van der Waals surface area contributed by atoms with Crippen LogP contribution < -0.4 is 10.3 Å². The fourth-order valence-corrected chi connectivity index (χ4v) is 4.48. The highest BCUT2D eigenvalue weighted by Crippen LogP contribution is 2.41.